The number of aromatic nitrogens is 2. The van der Waals surface area contributed by atoms with Crippen LogP contribution in [-0.2, 0) is 19.5 Å². The predicted molar refractivity (Wildman–Crippen MR) is 112 cm³/mol. The normalized spacial score (nSPS) is 10.6. The van der Waals surface area contributed by atoms with Gasteiger partial charge < -0.3 is 14.6 Å². The molecule has 0 saturated heterocycles. The molecule has 1 N–H and O–H groups in total. The number of hydrogen-bond acceptors (Lipinski definition) is 4. The first-order chi connectivity index (χ1) is 14.0. The fourth-order valence-electron chi connectivity index (χ4n) is 3.34. The number of ether oxygens (including phenoxy) is 1. The third kappa shape index (κ3) is 4.71. The molecular weight excluding hydrogens is 366 g/mol. The van der Waals surface area contributed by atoms with Crippen LogP contribution >= 0.6 is 0 Å². The van der Waals surface area contributed by atoms with Crippen LogP contribution in [0.5, 0.6) is 5.75 Å². The van der Waals surface area contributed by atoms with Gasteiger partial charge in [-0.3, -0.25) is 14.6 Å². The molecule has 3 aromatic rings. The molecule has 0 fully saturated rings. The van der Waals surface area contributed by atoms with E-state index in [-0.39, 0.29) is 23.4 Å². The maximum atomic E-state index is 12.8. The van der Waals surface area contributed by atoms with Crippen molar-refractivity contribution in [3.8, 4) is 5.75 Å². The summed E-state index contributed by atoms with van der Waals surface area (Å²) in [6.07, 6.45) is 2.24. The van der Waals surface area contributed by atoms with Crippen LogP contribution in [0.3, 0.4) is 0 Å². The molecular formula is C23H25N3O3. The molecule has 6 heteroatoms. The summed E-state index contributed by atoms with van der Waals surface area (Å²) in [5.41, 5.74) is 3.29. The van der Waals surface area contributed by atoms with Gasteiger partial charge in [-0.25, -0.2) is 0 Å². The summed E-state index contributed by atoms with van der Waals surface area (Å²) < 4.78 is 7.24. The van der Waals surface area contributed by atoms with Gasteiger partial charge in [-0.2, -0.15) is 0 Å². The highest BCUT2D eigenvalue weighted by Gasteiger charge is 2.19. The lowest BCUT2D eigenvalue weighted by Crippen LogP contribution is -2.32. The predicted octanol–water partition coefficient (Wildman–Crippen LogP) is 3.10. The minimum atomic E-state index is -0.374. The molecule has 0 unspecified atom stereocenters. The summed E-state index contributed by atoms with van der Waals surface area (Å²) >= 11 is 0. The lowest BCUT2D eigenvalue weighted by Gasteiger charge is -2.19. The van der Waals surface area contributed by atoms with Crippen molar-refractivity contribution in [3.63, 3.8) is 0 Å². The molecule has 2 aromatic heterocycles. The number of rotatable bonds is 7. The second-order valence-corrected chi connectivity index (χ2v) is 6.76. The first kappa shape index (κ1) is 20.3. The smallest absolute Gasteiger partial charge is 0.257 e. The first-order valence-electron chi connectivity index (χ1n) is 9.57. The van der Waals surface area contributed by atoms with Crippen molar-refractivity contribution in [2.45, 2.75) is 33.4 Å². The van der Waals surface area contributed by atoms with Crippen LogP contribution in [0.25, 0.3) is 0 Å². The van der Waals surface area contributed by atoms with Gasteiger partial charge in [0.25, 0.3) is 5.91 Å². The van der Waals surface area contributed by atoms with Crippen molar-refractivity contribution < 1.29 is 9.53 Å². The van der Waals surface area contributed by atoms with Gasteiger partial charge in [0, 0.05) is 30.2 Å². The van der Waals surface area contributed by atoms with E-state index in [0.717, 1.165) is 28.4 Å². The molecule has 3 rings (SSSR count). The summed E-state index contributed by atoms with van der Waals surface area (Å²) in [7, 11) is 1.63. The Balaban J connectivity index is 1.91. The highest BCUT2D eigenvalue weighted by Crippen LogP contribution is 2.16. The Hall–Kier alpha value is -3.41. The van der Waals surface area contributed by atoms with Gasteiger partial charge in [0.15, 0.2) is 5.43 Å². The van der Waals surface area contributed by atoms with Crippen LogP contribution in [0.15, 0.2) is 59.5 Å². The summed E-state index contributed by atoms with van der Waals surface area (Å²) in [4.78, 5) is 29.7. The van der Waals surface area contributed by atoms with Gasteiger partial charge in [-0.05, 0) is 43.2 Å². The molecule has 1 amide bonds. The highest BCUT2D eigenvalue weighted by atomic mass is 16.5. The summed E-state index contributed by atoms with van der Waals surface area (Å²) in [5.74, 6) is 0.414. The van der Waals surface area contributed by atoms with E-state index in [1.54, 1.807) is 13.3 Å². The van der Waals surface area contributed by atoms with Crippen LogP contribution in [0.1, 0.15) is 39.9 Å². The molecule has 0 aliphatic heterocycles. The number of carbonyl (C=O) groups excluding carboxylic acids is 1. The standard InChI is InChI=1S/C23H25N3O3/c1-4-20-22(23(28)25-14-18-7-5-6-12-24-18)21(27)13-16(2)26(20)15-17-8-10-19(29-3)11-9-17/h5-13H,4,14-15H2,1-3H3,(H,25,28). The molecule has 2 heterocycles. The maximum absolute atomic E-state index is 12.8. The molecule has 0 aliphatic rings. The number of benzene rings is 1. The average Bonchev–Trinajstić information content (AvgIpc) is 2.74. The number of nitrogens with one attached hydrogen (secondary N) is 1. The van der Waals surface area contributed by atoms with Crippen LogP contribution in [0.4, 0.5) is 0 Å². The van der Waals surface area contributed by atoms with Crippen molar-refractivity contribution in [1.29, 1.82) is 0 Å². The van der Waals surface area contributed by atoms with E-state index in [1.165, 1.54) is 6.07 Å². The minimum Gasteiger partial charge on any atom is -0.497 e. The van der Waals surface area contributed by atoms with E-state index in [1.807, 2.05) is 60.9 Å². The largest absolute Gasteiger partial charge is 0.497 e. The topological polar surface area (TPSA) is 73.2 Å². The number of aryl methyl sites for hydroxylation is 1. The summed E-state index contributed by atoms with van der Waals surface area (Å²) in [6.45, 7) is 4.68. The summed E-state index contributed by atoms with van der Waals surface area (Å²) in [6, 6.07) is 14.8. The van der Waals surface area contributed by atoms with Gasteiger partial charge in [0.05, 0.1) is 19.3 Å². The zero-order valence-electron chi connectivity index (χ0n) is 16.9. The molecule has 0 spiro atoms. The Kier molecular flexibility index (Phi) is 6.44. The molecule has 0 radical (unpaired) electrons. The second-order valence-electron chi connectivity index (χ2n) is 6.76. The van der Waals surface area contributed by atoms with Crippen LogP contribution in [0, 0.1) is 6.92 Å². The van der Waals surface area contributed by atoms with Gasteiger partial charge in [0.1, 0.15) is 11.3 Å². The van der Waals surface area contributed by atoms with E-state index in [9.17, 15) is 9.59 Å². The van der Waals surface area contributed by atoms with Crippen molar-refractivity contribution >= 4 is 5.91 Å². The number of methoxy groups -OCH3 is 1. The van der Waals surface area contributed by atoms with E-state index in [4.69, 9.17) is 4.74 Å². The molecule has 0 bridgehead atoms. The van der Waals surface area contributed by atoms with Crippen molar-refractivity contribution in [2.75, 3.05) is 7.11 Å². The zero-order valence-corrected chi connectivity index (χ0v) is 16.9. The maximum Gasteiger partial charge on any atom is 0.257 e. The Bertz CT molecular complexity index is 1040. The van der Waals surface area contributed by atoms with Crippen molar-refractivity contribution in [1.82, 2.24) is 14.9 Å². The third-order valence-electron chi connectivity index (χ3n) is 4.84. The number of hydrogen-bond donors (Lipinski definition) is 1. The molecule has 6 nitrogen and oxygen atoms in total. The number of nitrogens with zero attached hydrogens (tertiary/aromatic N) is 2. The Morgan fingerprint density at radius 2 is 1.93 bits per heavy atom. The molecule has 0 aliphatic carbocycles. The SMILES string of the molecule is CCc1c(C(=O)NCc2ccccn2)c(=O)cc(C)n1Cc1ccc(OC)cc1. The minimum absolute atomic E-state index is 0.197. The second kappa shape index (κ2) is 9.19. The lowest BCUT2D eigenvalue weighted by atomic mass is 10.1. The Morgan fingerprint density at radius 1 is 1.17 bits per heavy atom. The van der Waals surface area contributed by atoms with E-state index in [2.05, 4.69) is 10.3 Å². The Labute approximate surface area is 170 Å². The van der Waals surface area contributed by atoms with Crippen LogP contribution < -0.4 is 15.5 Å². The third-order valence-corrected chi connectivity index (χ3v) is 4.84. The number of carbonyl (C=O) groups is 1. The van der Waals surface area contributed by atoms with E-state index < -0.39 is 0 Å². The number of amides is 1. The van der Waals surface area contributed by atoms with Crippen molar-refractivity contribution in [3.05, 3.63) is 93.2 Å². The van der Waals surface area contributed by atoms with Gasteiger partial charge in [-0.1, -0.05) is 25.1 Å². The number of pyridine rings is 2. The summed E-state index contributed by atoms with van der Waals surface area (Å²) in [5, 5.41) is 2.83. The van der Waals surface area contributed by atoms with Crippen LogP contribution in [-0.4, -0.2) is 22.6 Å². The fraction of sp³-hybridized carbons (Fsp3) is 0.261. The van der Waals surface area contributed by atoms with Gasteiger partial charge >= 0.3 is 0 Å². The van der Waals surface area contributed by atoms with E-state index >= 15 is 0 Å². The zero-order chi connectivity index (χ0) is 20.8. The van der Waals surface area contributed by atoms with E-state index in [0.29, 0.717) is 13.0 Å². The molecule has 29 heavy (non-hydrogen) atoms. The molecule has 150 valence electrons. The lowest BCUT2D eigenvalue weighted by molar-refractivity contribution is 0.0947. The Morgan fingerprint density at radius 3 is 2.55 bits per heavy atom. The fourth-order valence-corrected chi connectivity index (χ4v) is 3.34. The molecule has 0 atom stereocenters. The van der Waals surface area contributed by atoms with Crippen molar-refractivity contribution in [2.24, 2.45) is 0 Å². The molecule has 0 saturated carbocycles. The average molecular weight is 391 g/mol. The molecule has 1 aromatic carbocycles. The first-order valence-corrected chi connectivity index (χ1v) is 9.57. The van der Waals surface area contributed by atoms with Crippen LogP contribution in [0.2, 0.25) is 0 Å². The monoisotopic (exact) mass is 391 g/mol. The van der Waals surface area contributed by atoms with Gasteiger partial charge in [0.2, 0.25) is 0 Å². The highest BCUT2D eigenvalue weighted by molar-refractivity contribution is 5.95. The van der Waals surface area contributed by atoms with Gasteiger partial charge in [-0.15, -0.1) is 0 Å². The quantitative estimate of drug-likeness (QED) is 0.672.